The number of ether oxygens (including phenoxy) is 2. The largest absolute Gasteiger partial charge is 0.494 e. The minimum atomic E-state index is -0.0797. The Morgan fingerprint density at radius 1 is 0.865 bits per heavy atom. The van der Waals surface area contributed by atoms with Gasteiger partial charge in [0.05, 0.1) is 30.4 Å². The summed E-state index contributed by atoms with van der Waals surface area (Å²) in [6.07, 6.45) is 1.93. The number of rotatable bonds is 8. The first-order valence-electron chi connectivity index (χ1n) is 12.4. The van der Waals surface area contributed by atoms with E-state index >= 15 is 0 Å². The quantitative estimate of drug-likeness (QED) is 0.232. The Hall–Kier alpha value is -4.03. The van der Waals surface area contributed by atoms with E-state index in [4.69, 9.17) is 14.5 Å². The van der Waals surface area contributed by atoms with Gasteiger partial charge in [-0.05, 0) is 78.4 Å². The van der Waals surface area contributed by atoms with Crippen LogP contribution in [0.3, 0.4) is 0 Å². The van der Waals surface area contributed by atoms with Gasteiger partial charge in [0, 0.05) is 5.56 Å². The molecule has 1 heterocycles. The van der Waals surface area contributed by atoms with Crippen LogP contribution >= 0.6 is 11.8 Å². The van der Waals surface area contributed by atoms with E-state index in [-0.39, 0.29) is 5.91 Å². The molecule has 0 N–H and O–H groups in total. The number of benzene rings is 4. The summed E-state index contributed by atoms with van der Waals surface area (Å²) in [5, 5.41) is 2.67. The number of hydrogen-bond donors (Lipinski definition) is 0. The van der Waals surface area contributed by atoms with Gasteiger partial charge in [0.1, 0.15) is 11.5 Å². The fourth-order valence-corrected chi connectivity index (χ4v) is 5.21. The van der Waals surface area contributed by atoms with Crippen LogP contribution in [-0.4, -0.2) is 29.2 Å². The molecular weight excluding hydrogens is 480 g/mol. The topological polar surface area (TPSA) is 51.1 Å². The fourth-order valence-electron chi connectivity index (χ4n) is 4.23. The van der Waals surface area contributed by atoms with Crippen molar-refractivity contribution in [1.29, 1.82) is 0 Å². The number of aliphatic imine (C=N–C) groups is 1. The average Bonchev–Trinajstić information content (AvgIpc) is 3.20. The van der Waals surface area contributed by atoms with Crippen molar-refractivity contribution < 1.29 is 14.3 Å². The highest BCUT2D eigenvalue weighted by atomic mass is 32.2. The van der Waals surface area contributed by atoms with Crippen LogP contribution in [0.15, 0.2) is 101 Å². The van der Waals surface area contributed by atoms with Crippen molar-refractivity contribution in [3.8, 4) is 11.5 Å². The van der Waals surface area contributed by atoms with Gasteiger partial charge in [-0.15, -0.1) is 0 Å². The Bertz CT molecular complexity index is 1460. The molecule has 1 aliphatic rings. The zero-order valence-corrected chi connectivity index (χ0v) is 21.7. The van der Waals surface area contributed by atoms with Gasteiger partial charge in [-0.3, -0.25) is 9.69 Å². The molecule has 37 heavy (non-hydrogen) atoms. The Balaban J connectivity index is 1.61. The van der Waals surface area contributed by atoms with Crippen molar-refractivity contribution in [2.75, 3.05) is 13.2 Å². The summed E-state index contributed by atoms with van der Waals surface area (Å²) in [7, 11) is 0. The van der Waals surface area contributed by atoms with Crippen LogP contribution in [0.25, 0.3) is 16.8 Å². The van der Waals surface area contributed by atoms with Crippen molar-refractivity contribution in [1.82, 2.24) is 4.90 Å². The average molecular weight is 509 g/mol. The zero-order valence-electron chi connectivity index (χ0n) is 20.9. The highest BCUT2D eigenvalue weighted by Crippen LogP contribution is 2.39. The van der Waals surface area contributed by atoms with E-state index in [0.717, 1.165) is 39.1 Å². The lowest BCUT2D eigenvalue weighted by atomic mass is 10.0. The monoisotopic (exact) mass is 508 g/mol. The Kier molecular flexibility index (Phi) is 7.57. The van der Waals surface area contributed by atoms with Crippen LogP contribution < -0.4 is 9.47 Å². The molecule has 1 saturated heterocycles. The molecule has 0 aliphatic carbocycles. The van der Waals surface area contributed by atoms with E-state index in [9.17, 15) is 4.79 Å². The first-order chi connectivity index (χ1) is 18.2. The molecule has 6 heteroatoms. The predicted octanol–water partition coefficient (Wildman–Crippen LogP) is 7.44. The number of para-hydroxylation sites is 1. The van der Waals surface area contributed by atoms with E-state index in [1.807, 2.05) is 111 Å². The smallest absolute Gasteiger partial charge is 0.267 e. The molecule has 0 aromatic heterocycles. The van der Waals surface area contributed by atoms with Gasteiger partial charge in [-0.2, -0.15) is 0 Å². The zero-order chi connectivity index (χ0) is 25.6. The summed E-state index contributed by atoms with van der Waals surface area (Å²) >= 11 is 1.39. The molecule has 0 unspecified atom stereocenters. The minimum Gasteiger partial charge on any atom is -0.494 e. The van der Waals surface area contributed by atoms with Crippen LogP contribution in [0.1, 0.15) is 25.0 Å². The summed E-state index contributed by atoms with van der Waals surface area (Å²) in [6, 6.07) is 29.7. The molecule has 5 rings (SSSR count). The molecule has 0 saturated carbocycles. The van der Waals surface area contributed by atoms with Gasteiger partial charge in [-0.25, -0.2) is 4.99 Å². The second kappa shape index (κ2) is 11.4. The molecule has 4 aromatic carbocycles. The molecule has 4 aromatic rings. The molecule has 186 valence electrons. The van der Waals surface area contributed by atoms with Crippen LogP contribution in [-0.2, 0) is 11.3 Å². The molecule has 1 fully saturated rings. The number of fused-ring (bicyclic) bond motifs is 1. The third kappa shape index (κ3) is 5.54. The lowest BCUT2D eigenvalue weighted by Gasteiger charge is -2.16. The molecule has 1 amide bonds. The van der Waals surface area contributed by atoms with Gasteiger partial charge in [-0.1, -0.05) is 60.7 Å². The van der Waals surface area contributed by atoms with Gasteiger partial charge < -0.3 is 9.47 Å². The molecule has 5 nitrogen and oxygen atoms in total. The Morgan fingerprint density at radius 3 is 2.30 bits per heavy atom. The maximum absolute atomic E-state index is 13.8. The maximum Gasteiger partial charge on any atom is 0.267 e. The summed E-state index contributed by atoms with van der Waals surface area (Å²) in [6.45, 7) is 5.47. The highest BCUT2D eigenvalue weighted by molar-refractivity contribution is 8.18. The maximum atomic E-state index is 13.8. The van der Waals surface area contributed by atoms with Crippen LogP contribution in [0, 0.1) is 0 Å². The summed E-state index contributed by atoms with van der Waals surface area (Å²) in [5.74, 6) is 1.43. The lowest BCUT2D eigenvalue weighted by Crippen LogP contribution is -2.28. The first kappa shape index (κ1) is 24.7. The number of carbonyl (C=O) groups excluding carboxylic acids is 1. The number of amidine groups is 1. The number of thioether (sulfide) groups is 1. The van der Waals surface area contributed by atoms with E-state index in [2.05, 4.69) is 0 Å². The number of carbonyl (C=O) groups is 1. The number of nitrogens with zero attached hydrogens (tertiary/aromatic N) is 2. The summed E-state index contributed by atoms with van der Waals surface area (Å²) in [4.78, 5) is 21.0. The predicted molar refractivity (Wildman–Crippen MR) is 152 cm³/mol. The van der Waals surface area contributed by atoms with Crippen molar-refractivity contribution in [2.45, 2.75) is 20.4 Å². The molecule has 0 spiro atoms. The molecular formula is C31H28N2O3S. The van der Waals surface area contributed by atoms with Crippen molar-refractivity contribution in [3.63, 3.8) is 0 Å². The van der Waals surface area contributed by atoms with E-state index in [1.165, 1.54) is 11.8 Å². The van der Waals surface area contributed by atoms with Crippen LogP contribution in [0.2, 0.25) is 0 Å². The third-order valence-electron chi connectivity index (χ3n) is 5.93. The van der Waals surface area contributed by atoms with E-state index in [1.54, 1.807) is 4.90 Å². The fraction of sp³-hybridized carbons (Fsp3) is 0.161. The van der Waals surface area contributed by atoms with Crippen molar-refractivity contribution in [3.05, 3.63) is 107 Å². The number of amides is 1. The second-order valence-corrected chi connectivity index (χ2v) is 9.45. The second-order valence-electron chi connectivity index (χ2n) is 8.44. The third-order valence-corrected chi connectivity index (χ3v) is 6.94. The molecule has 0 bridgehead atoms. The van der Waals surface area contributed by atoms with E-state index < -0.39 is 0 Å². The normalized spacial score (nSPS) is 15.6. The minimum absolute atomic E-state index is 0.0797. The van der Waals surface area contributed by atoms with Gasteiger partial charge in [0.15, 0.2) is 5.17 Å². The Labute approximate surface area is 221 Å². The van der Waals surface area contributed by atoms with Crippen molar-refractivity contribution >= 4 is 45.4 Å². The van der Waals surface area contributed by atoms with Crippen LogP contribution in [0.4, 0.5) is 5.69 Å². The summed E-state index contributed by atoms with van der Waals surface area (Å²) in [5.41, 5.74) is 2.70. The van der Waals surface area contributed by atoms with Crippen LogP contribution in [0.5, 0.6) is 11.5 Å². The molecule has 1 aliphatic heterocycles. The molecule has 0 radical (unpaired) electrons. The summed E-state index contributed by atoms with van der Waals surface area (Å²) < 4.78 is 11.8. The van der Waals surface area contributed by atoms with Crippen molar-refractivity contribution in [2.24, 2.45) is 4.99 Å². The van der Waals surface area contributed by atoms with Gasteiger partial charge in [0.2, 0.25) is 0 Å². The first-order valence-corrected chi connectivity index (χ1v) is 13.2. The van der Waals surface area contributed by atoms with E-state index in [0.29, 0.717) is 29.8 Å². The lowest BCUT2D eigenvalue weighted by molar-refractivity contribution is -0.122. The molecule has 0 atom stereocenters. The van der Waals surface area contributed by atoms with Gasteiger partial charge in [0.25, 0.3) is 5.91 Å². The standard InChI is InChI=1S/C31H28N2O3S/c1-3-35-25-17-15-23-16-18-28(36-4-2)27(26(23)19-25)20-29-30(34)33(21-22-11-7-5-8-12-22)31(37-29)32-24-13-9-6-10-14-24/h5-20H,3-4,21H2,1-2H3/b29-20-,32-31?. The number of hydrogen-bond acceptors (Lipinski definition) is 5. The highest BCUT2D eigenvalue weighted by Gasteiger charge is 2.34. The Morgan fingerprint density at radius 2 is 1.57 bits per heavy atom. The SMILES string of the molecule is CCOc1ccc2ccc(OCC)c(/C=C3\SC(=Nc4ccccc4)N(Cc4ccccc4)C3=O)c2c1. The van der Waals surface area contributed by atoms with Gasteiger partial charge >= 0.3 is 0 Å².